The standard InChI is InChI=1S/C19H29N5O2.HI/c1-23(2)19(24(3)4)20-14-8-6-7-9-17-21-18(22-26-17)15-10-12-16(25-5)13-11-15;/h10-13H,6-9,14H2,1-5H3;1H. The van der Waals surface area contributed by atoms with Crippen molar-refractivity contribution in [1.82, 2.24) is 19.9 Å². The molecule has 8 heteroatoms. The fraction of sp³-hybridized carbons (Fsp3) is 0.526. The summed E-state index contributed by atoms with van der Waals surface area (Å²) in [6, 6.07) is 7.64. The molecular weight excluding hydrogens is 457 g/mol. The van der Waals surface area contributed by atoms with Gasteiger partial charge in [-0.2, -0.15) is 4.98 Å². The van der Waals surface area contributed by atoms with E-state index in [2.05, 4.69) is 15.1 Å². The summed E-state index contributed by atoms with van der Waals surface area (Å²) in [5.74, 6) is 3.10. The van der Waals surface area contributed by atoms with Gasteiger partial charge in [0.2, 0.25) is 11.7 Å². The van der Waals surface area contributed by atoms with Crippen molar-refractivity contribution in [3.63, 3.8) is 0 Å². The summed E-state index contributed by atoms with van der Waals surface area (Å²) < 4.78 is 10.5. The predicted octanol–water partition coefficient (Wildman–Crippen LogP) is 3.56. The number of nitrogens with zero attached hydrogens (tertiary/aromatic N) is 5. The van der Waals surface area contributed by atoms with Crippen LogP contribution in [0.15, 0.2) is 33.8 Å². The van der Waals surface area contributed by atoms with Gasteiger partial charge in [0.1, 0.15) is 5.75 Å². The summed E-state index contributed by atoms with van der Waals surface area (Å²) in [6.45, 7) is 0.826. The highest BCUT2D eigenvalue weighted by molar-refractivity contribution is 14.0. The number of ether oxygens (including phenoxy) is 1. The van der Waals surface area contributed by atoms with Crippen molar-refractivity contribution in [2.75, 3.05) is 41.8 Å². The van der Waals surface area contributed by atoms with Crippen molar-refractivity contribution in [3.05, 3.63) is 30.2 Å². The van der Waals surface area contributed by atoms with E-state index in [9.17, 15) is 0 Å². The third kappa shape index (κ3) is 7.36. The molecule has 0 unspecified atom stereocenters. The highest BCUT2D eigenvalue weighted by atomic mass is 127. The smallest absolute Gasteiger partial charge is 0.226 e. The Kier molecular flexibility index (Phi) is 10.1. The second-order valence-corrected chi connectivity index (χ2v) is 6.52. The van der Waals surface area contributed by atoms with Crippen LogP contribution in [-0.4, -0.2) is 67.7 Å². The highest BCUT2D eigenvalue weighted by Gasteiger charge is 2.08. The molecule has 0 aliphatic heterocycles. The Morgan fingerprint density at radius 2 is 1.70 bits per heavy atom. The molecule has 1 heterocycles. The number of guanidine groups is 1. The molecule has 0 radical (unpaired) electrons. The van der Waals surface area contributed by atoms with Gasteiger partial charge in [0.25, 0.3) is 0 Å². The highest BCUT2D eigenvalue weighted by Crippen LogP contribution is 2.20. The van der Waals surface area contributed by atoms with Crippen LogP contribution in [0.2, 0.25) is 0 Å². The third-order valence-electron chi connectivity index (χ3n) is 3.92. The first-order valence-corrected chi connectivity index (χ1v) is 8.87. The van der Waals surface area contributed by atoms with E-state index in [1.807, 2.05) is 62.3 Å². The molecule has 0 N–H and O–H groups in total. The number of rotatable bonds is 8. The molecule has 2 rings (SSSR count). The Labute approximate surface area is 178 Å². The Bertz CT molecular complexity index is 688. The Hall–Kier alpha value is -1.84. The summed E-state index contributed by atoms with van der Waals surface area (Å²) in [4.78, 5) is 13.2. The Balaban J connectivity index is 0.00000364. The minimum Gasteiger partial charge on any atom is -0.497 e. The topological polar surface area (TPSA) is 67.0 Å². The van der Waals surface area contributed by atoms with Crippen LogP contribution in [0.5, 0.6) is 5.75 Å². The lowest BCUT2D eigenvalue weighted by atomic mass is 10.2. The SMILES string of the molecule is COc1ccc(-c2noc(CCCCCN=C(N(C)C)N(C)C)n2)cc1.I. The van der Waals surface area contributed by atoms with E-state index < -0.39 is 0 Å². The number of aromatic nitrogens is 2. The molecule has 27 heavy (non-hydrogen) atoms. The van der Waals surface area contributed by atoms with Gasteiger partial charge < -0.3 is 19.1 Å². The first kappa shape index (κ1) is 23.2. The van der Waals surface area contributed by atoms with E-state index in [1.54, 1.807) is 7.11 Å². The first-order chi connectivity index (χ1) is 12.5. The maximum atomic E-state index is 5.35. The average Bonchev–Trinajstić information content (AvgIpc) is 3.09. The third-order valence-corrected chi connectivity index (χ3v) is 3.92. The van der Waals surface area contributed by atoms with Crippen LogP contribution in [0.4, 0.5) is 0 Å². The molecule has 0 spiro atoms. The lowest BCUT2D eigenvalue weighted by Crippen LogP contribution is -2.35. The normalized spacial score (nSPS) is 10.1. The molecule has 0 aliphatic rings. The zero-order valence-corrected chi connectivity index (χ0v) is 19.1. The molecule has 0 aliphatic carbocycles. The summed E-state index contributed by atoms with van der Waals surface area (Å²) in [5.41, 5.74) is 0.926. The molecule has 7 nitrogen and oxygen atoms in total. The summed E-state index contributed by atoms with van der Waals surface area (Å²) in [6.07, 6.45) is 3.93. The Morgan fingerprint density at radius 3 is 2.30 bits per heavy atom. The molecule has 2 aromatic rings. The minimum atomic E-state index is 0. The number of methoxy groups -OCH3 is 1. The second kappa shape index (κ2) is 11.8. The summed E-state index contributed by atoms with van der Waals surface area (Å²) >= 11 is 0. The van der Waals surface area contributed by atoms with Crippen molar-refractivity contribution >= 4 is 29.9 Å². The van der Waals surface area contributed by atoms with E-state index >= 15 is 0 Å². The average molecular weight is 487 g/mol. The van der Waals surface area contributed by atoms with Crippen molar-refractivity contribution in [2.45, 2.75) is 25.7 Å². The van der Waals surface area contributed by atoms with Crippen LogP contribution in [-0.2, 0) is 6.42 Å². The van der Waals surface area contributed by atoms with Gasteiger partial charge in [-0.25, -0.2) is 0 Å². The predicted molar refractivity (Wildman–Crippen MR) is 119 cm³/mol. The van der Waals surface area contributed by atoms with E-state index in [0.29, 0.717) is 11.7 Å². The number of aryl methyl sites for hydroxylation is 1. The van der Waals surface area contributed by atoms with Gasteiger partial charge in [-0.3, -0.25) is 4.99 Å². The molecule has 0 saturated carbocycles. The van der Waals surface area contributed by atoms with Gasteiger partial charge in [0.05, 0.1) is 7.11 Å². The molecule has 1 aromatic heterocycles. The van der Waals surface area contributed by atoms with Crippen LogP contribution >= 0.6 is 24.0 Å². The monoisotopic (exact) mass is 487 g/mol. The lowest BCUT2D eigenvalue weighted by Gasteiger charge is -2.22. The van der Waals surface area contributed by atoms with Gasteiger partial charge in [0.15, 0.2) is 5.96 Å². The van der Waals surface area contributed by atoms with E-state index in [0.717, 1.165) is 49.5 Å². The van der Waals surface area contributed by atoms with E-state index in [4.69, 9.17) is 9.26 Å². The lowest BCUT2D eigenvalue weighted by molar-refractivity contribution is 0.374. The van der Waals surface area contributed by atoms with Gasteiger partial charge >= 0.3 is 0 Å². The Morgan fingerprint density at radius 1 is 1.04 bits per heavy atom. The van der Waals surface area contributed by atoms with E-state index in [1.165, 1.54) is 0 Å². The van der Waals surface area contributed by atoms with Crippen LogP contribution in [0.25, 0.3) is 11.4 Å². The largest absolute Gasteiger partial charge is 0.497 e. The fourth-order valence-corrected chi connectivity index (χ4v) is 2.64. The molecule has 1 aromatic carbocycles. The number of halogens is 1. The van der Waals surface area contributed by atoms with Crippen LogP contribution in [0.1, 0.15) is 25.2 Å². The molecular formula is C19H30IN5O2. The van der Waals surface area contributed by atoms with Crippen molar-refractivity contribution in [3.8, 4) is 17.1 Å². The fourth-order valence-electron chi connectivity index (χ4n) is 2.64. The van der Waals surface area contributed by atoms with Crippen LogP contribution in [0, 0.1) is 0 Å². The van der Waals surface area contributed by atoms with Crippen molar-refractivity contribution in [2.24, 2.45) is 4.99 Å². The first-order valence-electron chi connectivity index (χ1n) is 8.87. The molecule has 0 bridgehead atoms. The van der Waals surface area contributed by atoms with Crippen molar-refractivity contribution < 1.29 is 9.26 Å². The summed E-state index contributed by atoms with van der Waals surface area (Å²) in [5, 5.41) is 4.06. The molecule has 0 saturated heterocycles. The van der Waals surface area contributed by atoms with E-state index in [-0.39, 0.29) is 24.0 Å². The van der Waals surface area contributed by atoms with Gasteiger partial charge in [-0.05, 0) is 37.1 Å². The zero-order chi connectivity index (χ0) is 18.9. The number of hydrogen-bond acceptors (Lipinski definition) is 5. The van der Waals surface area contributed by atoms with Gasteiger partial charge in [-0.15, -0.1) is 24.0 Å². The molecule has 0 fully saturated rings. The zero-order valence-electron chi connectivity index (χ0n) is 16.8. The maximum absolute atomic E-state index is 5.35. The van der Waals surface area contributed by atoms with Gasteiger partial charge in [0, 0.05) is 46.7 Å². The number of hydrogen-bond donors (Lipinski definition) is 0. The second-order valence-electron chi connectivity index (χ2n) is 6.52. The maximum Gasteiger partial charge on any atom is 0.226 e. The van der Waals surface area contributed by atoms with Crippen LogP contribution in [0.3, 0.4) is 0 Å². The summed E-state index contributed by atoms with van der Waals surface area (Å²) in [7, 11) is 9.68. The number of aliphatic imine (C=N–C) groups is 1. The molecule has 150 valence electrons. The van der Waals surface area contributed by atoms with Gasteiger partial charge in [-0.1, -0.05) is 11.6 Å². The molecule has 0 amide bonds. The molecule has 0 atom stereocenters. The quantitative estimate of drug-likeness (QED) is 0.246. The minimum absolute atomic E-state index is 0. The van der Waals surface area contributed by atoms with Crippen LogP contribution < -0.4 is 4.74 Å². The number of benzene rings is 1. The van der Waals surface area contributed by atoms with Crippen molar-refractivity contribution in [1.29, 1.82) is 0 Å². The number of unbranched alkanes of at least 4 members (excludes halogenated alkanes) is 2.